The van der Waals surface area contributed by atoms with Crippen molar-refractivity contribution in [2.24, 2.45) is 5.92 Å². The van der Waals surface area contributed by atoms with Crippen molar-refractivity contribution in [3.63, 3.8) is 0 Å². The van der Waals surface area contributed by atoms with Crippen molar-refractivity contribution in [3.05, 3.63) is 51.1 Å². The Morgan fingerprint density at radius 2 is 2.00 bits per heavy atom. The summed E-state index contributed by atoms with van der Waals surface area (Å²) in [7, 11) is 0. The van der Waals surface area contributed by atoms with Gasteiger partial charge in [0.25, 0.3) is 0 Å². The van der Waals surface area contributed by atoms with Gasteiger partial charge in [-0.2, -0.15) is 0 Å². The van der Waals surface area contributed by atoms with E-state index in [0.717, 1.165) is 55.7 Å². The number of amides is 1. The summed E-state index contributed by atoms with van der Waals surface area (Å²) in [6, 6.07) is 12.1. The molecule has 2 heterocycles. The predicted molar refractivity (Wildman–Crippen MR) is 110 cm³/mol. The molecule has 1 aromatic heterocycles. The van der Waals surface area contributed by atoms with Gasteiger partial charge in [0, 0.05) is 28.4 Å². The highest BCUT2D eigenvalue weighted by Crippen LogP contribution is 2.18. The smallest absolute Gasteiger partial charge is 0.223 e. The predicted octanol–water partition coefficient (Wildman–Crippen LogP) is 3.96. The summed E-state index contributed by atoms with van der Waals surface area (Å²) in [6.45, 7) is 4.25. The number of hydrogen-bond acceptors (Lipinski definition) is 4. The molecule has 1 aliphatic heterocycles. The van der Waals surface area contributed by atoms with E-state index in [4.69, 9.17) is 4.74 Å². The number of thiophene rings is 1. The van der Waals surface area contributed by atoms with Crippen molar-refractivity contribution < 1.29 is 9.53 Å². The van der Waals surface area contributed by atoms with Crippen LogP contribution in [-0.4, -0.2) is 43.6 Å². The van der Waals surface area contributed by atoms with E-state index in [2.05, 4.69) is 43.7 Å². The molecule has 0 spiro atoms. The Kier molecular flexibility index (Phi) is 7.53. The molecule has 0 unspecified atom stereocenters. The normalized spacial score (nSPS) is 15.7. The maximum Gasteiger partial charge on any atom is 0.223 e. The van der Waals surface area contributed by atoms with Gasteiger partial charge in [-0.3, -0.25) is 9.69 Å². The summed E-state index contributed by atoms with van der Waals surface area (Å²) in [4.78, 5) is 16.0. The van der Waals surface area contributed by atoms with Crippen molar-refractivity contribution >= 4 is 33.2 Å². The van der Waals surface area contributed by atoms with E-state index in [-0.39, 0.29) is 11.8 Å². The molecule has 1 fully saturated rings. The number of hydrogen-bond donors (Lipinski definition) is 1. The van der Waals surface area contributed by atoms with Crippen LogP contribution in [0.1, 0.15) is 17.7 Å². The zero-order valence-corrected chi connectivity index (χ0v) is 17.2. The van der Waals surface area contributed by atoms with Crippen LogP contribution in [0.3, 0.4) is 0 Å². The van der Waals surface area contributed by atoms with Crippen LogP contribution in [0, 0.1) is 5.92 Å². The molecular formula is C20H25BrN2O2S. The molecule has 26 heavy (non-hydrogen) atoms. The second-order valence-corrected chi connectivity index (χ2v) is 8.49. The molecule has 1 saturated heterocycles. The summed E-state index contributed by atoms with van der Waals surface area (Å²) in [5.74, 6) is 1.27. The SMILES string of the molecule is O=C(NCCc1cccs1)C1CCN(CCOc2ccc(Br)cc2)CC1. The maximum atomic E-state index is 12.3. The number of piperidine rings is 1. The zero-order valence-electron chi connectivity index (χ0n) is 14.8. The summed E-state index contributed by atoms with van der Waals surface area (Å²) in [5.41, 5.74) is 0. The first-order chi connectivity index (χ1) is 12.7. The number of nitrogens with one attached hydrogen (secondary N) is 1. The fourth-order valence-electron chi connectivity index (χ4n) is 3.15. The quantitative estimate of drug-likeness (QED) is 0.680. The lowest BCUT2D eigenvalue weighted by molar-refractivity contribution is -0.126. The van der Waals surface area contributed by atoms with Gasteiger partial charge in [-0.1, -0.05) is 22.0 Å². The summed E-state index contributed by atoms with van der Waals surface area (Å²) in [5, 5.41) is 5.17. The molecule has 3 rings (SSSR count). The lowest BCUT2D eigenvalue weighted by Gasteiger charge is -2.31. The van der Waals surface area contributed by atoms with Gasteiger partial charge in [0.2, 0.25) is 5.91 Å². The Morgan fingerprint density at radius 1 is 1.23 bits per heavy atom. The molecule has 1 amide bonds. The molecule has 0 radical (unpaired) electrons. The lowest BCUT2D eigenvalue weighted by atomic mass is 9.96. The molecule has 1 N–H and O–H groups in total. The second kappa shape index (κ2) is 10.1. The zero-order chi connectivity index (χ0) is 18.2. The molecule has 0 saturated carbocycles. The third-order valence-corrected chi connectivity index (χ3v) is 6.16. The molecule has 0 aliphatic carbocycles. The van der Waals surface area contributed by atoms with Crippen molar-refractivity contribution in [3.8, 4) is 5.75 Å². The van der Waals surface area contributed by atoms with E-state index in [1.54, 1.807) is 11.3 Å². The van der Waals surface area contributed by atoms with Crippen molar-refractivity contribution in [2.75, 3.05) is 32.8 Å². The molecule has 140 valence electrons. The summed E-state index contributed by atoms with van der Waals surface area (Å²) < 4.78 is 6.84. The van der Waals surface area contributed by atoms with E-state index in [9.17, 15) is 4.79 Å². The Morgan fingerprint density at radius 3 is 2.69 bits per heavy atom. The van der Waals surface area contributed by atoms with E-state index in [1.807, 2.05) is 24.3 Å². The fourth-order valence-corrected chi connectivity index (χ4v) is 4.12. The minimum absolute atomic E-state index is 0.155. The minimum atomic E-state index is 0.155. The number of halogens is 1. The van der Waals surface area contributed by atoms with Gasteiger partial charge in [-0.15, -0.1) is 11.3 Å². The standard InChI is InChI=1S/C20H25BrN2O2S/c21-17-3-5-18(6-4-17)25-14-13-23-11-8-16(9-12-23)20(24)22-10-7-19-2-1-15-26-19/h1-6,15-16H,7-14H2,(H,22,24). The van der Waals surface area contributed by atoms with Gasteiger partial charge in [0.1, 0.15) is 12.4 Å². The van der Waals surface area contributed by atoms with Crippen LogP contribution in [0.25, 0.3) is 0 Å². The van der Waals surface area contributed by atoms with Gasteiger partial charge in [-0.25, -0.2) is 0 Å². The minimum Gasteiger partial charge on any atom is -0.492 e. The van der Waals surface area contributed by atoms with Gasteiger partial charge in [0.05, 0.1) is 0 Å². The van der Waals surface area contributed by atoms with E-state index in [0.29, 0.717) is 6.61 Å². The number of ether oxygens (including phenoxy) is 1. The Labute approximate surface area is 167 Å². The number of benzene rings is 1. The second-order valence-electron chi connectivity index (χ2n) is 6.54. The van der Waals surface area contributed by atoms with E-state index in [1.165, 1.54) is 4.88 Å². The number of nitrogens with zero attached hydrogens (tertiary/aromatic N) is 1. The summed E-state index contributed by atoms with van der Waals surface area (Å²) in [6.07, 6.45) is 2.79. The van der Waals surface area contributed by atoms with Gasteiger partial charge in [-0.05, 0) is 68.1 Å². The lowest BCUT2D eigenvalue weighted by Crippen LogP contribution is -2.42. The molecule has 0 atom stereocenters. The molecule has 1 aliphatic rings. The Bertz CT molecular complexity index is 668. The largest absolute Gasteiger partial charge is 0.492 e. The third kappa shape index (κ3) is 6.11. The highest BCUT2D eigenvalue weighted by molar-refractivity contribution is 9.10. The van der Waals surface area contributed by atoms with Crippen LogP contribution >= 0.6 is 27.3 Å². The number of likely N-dealkylation sites (tertiary alicyclic amines) is 1. The van der Waals surface area contributed by atoms with Crippen molar-refractivity contribution in [1.29, 1.82) is 0 Å². The molecule has 2 aromatic rings. The van der Waals surface area contributed by atoms with Crippen LogP contribution in [-0.2, 0) is 11.2 Å². The first-order valence-corrected chi connectivity index (χ1v) is 10.8. The van der Waals surface area contributed by atoms with Crippen LogP contribution in [0.2, 0.25) is 0 Å². The Hall–Kier alpha value is -1.37. The third-order valence-electron chi connectivity index (χ3n) is 4.70. The summed E-state index contributed by atoms with van der Waals surface area (Å²) >= 11 is 5.17. The van der Waals surface area contributed by atoms with Crippen LogP contribution in [0.4, 0.5) is 0 Å². The molecule has 0 bridgehead atoms. The molecular weight excluding hydrogens is 412 g/mol. The van der Waals surface area contributed by atoms with Gasteiger partial charge in [0.15, 0.2) is 0 Å². The molecule has 4 nitrogen and oxygen atoms in total. The average molecular weight is 437 g/mol. The Balaban J connectivity index is 1.29. The number of carbonyl (C=O) groups excluding carboxylic acids is 1. The van der Waals surface area contributed by atoms with Crippen LogP contribution in [0.15, 0.2) is 46.3 Å². The first-order valence-electron chi connectivity index (χ1n) is 9.11. The highest BCUT2D eigenvalue weighted by atomic mass is 79.9. The van der Waals surface area contributed by atoms with E-state index < -0.39 is 0 Å². The maximum absolute atomic E-state index is 12.3. The van der Waals surface area contributed by atoms with Gasteiger partial charge >= 0.3 is 0 Å². The molecule has 1 aromatic carbocycles. The van der Waals surface area contributed by atoms with Crippen molar-refractivity contribution in [2.45, 2.75) is 19.3 Å². The topological polar surface area (TPSA) is 41.6 Å². The fraction of sp³-hybridized carbons (Fsp3) is 0.450. The first kappa shape index (κ1) is 19.4. The number of rotatable bonds is 8. The van der Waals surface area contributed by atoms with Crippen molar-refractivity contribution in [1.82, 2.24) is 10.2 Å². The monoisotopic (exact) mass is 436 g/mol. The average Bonchev–Trinajstić information content (AvgIpc) is 3.17. The van der Waals surface area contributed by atoms with E-state index >= 15 is 0 Å². The van der Waals surface area contributed by atoms with Crippen LogP contribution in [0.5, 0.6) is 5.75 Å². The van der Waals surface area contributed by atoms with Crippen LogP contribution < -0.4 is 10.1 Å². The van der Waals surface area contributed by atoms with Gasteiger partial charge < -0.3 is 10.1 Å². The molecule has 6 heteroatoms. The highest BCUT2D eigenvalue weighted by Gasteiger charge is 2.24. The number of carbonyl (C=O) groups is 1.